The molecule has 1 aromatic carbocycles. The zero-order chi connectivity index (χ0) is 11.1. The van der Waals surface area contributed by atoms with E-state index in [0.29, 0.717) is 0 Å². The SMILES string of the molecule is c1ccc(CCNCc2ccccn2)cc1. The number of nitrogens with zero attached hydrogens (tertiary/aromatic N) is 1. The summed E-state index contributed by atoms with van der Waals surface area (Å²) in [4.78, 5) is 4.26. The van der Waals surface area contributed by atoms with Crippen molar-refractivity contribution in [1.29, 1.82) is 0 Å². The molecule has 0 unspecified atom stereocenters. The number of rotatable bonds is 5. The second kappa shape index (κ2) is 6.03. The van der Waals surface area contributed by atoms with Crippen LogP contribution >= 0.6 is 0 Å². The van der Waals surface area contributed by atoms with E-state index in [0.717, 1.165) is 25.2 Å². The van der Waals surface area contributed by atoms with E-state index in [4.69, 9.17) is 0 Å². The fourth-order valence-electron chi connectivity index (χ4n) is 1.60. The van der Waals surface area contributed by atoms with Gasteiger partial charge in [0.2, 0.25) is 0 Å². The lowest BCUT2D eigenvalue weighted by Gasteiger charge is -2.04. The van der Waals surface area contributed by atoms with Crippen LogP contribution in [0.2, 0.25) is 0 Å². The van der Waals surface area contributed by atoms with Crippen molar-refractivity contribution in [3.05, 3.63) is 66.0 Å². The highest BCUT2D eigenvalue weighted by atomic mass is 14.9. The summed E-state index contributed by atoms with van der Waals surface area (Å²) in [6.07, 6.45) is 2.89. The third-order valence-electron chi connectivity index (χ3n) is 2.47. The Morgan fingerprint density at radius 3 is 2.50 bits per heavy atom. The molecular weight excluding hydrogens is 196 g/mol. The van der Waals surface area contributed by atoms with Gasteiger partial charge in [-0.3, -0.25) is 4.98 Å². The van der Waals surface area contributed by atoms with Crippen molar-refractivity contribution in [2.24, 2.45) is 0 Å². The van der Waals surface area contributed by atoms with E-state index in [1.165, 1.54) is 5.56 Å². The summed E-state index contributed by atoms with van der Waals surface area (Å²) in [5, 5.41) is 3.39. The molecular formula is C14H16N2. The van der Waals surface area contributed by atoms with Crippen molar-refractivity contribution >= 4 is 0 Å². The molecule has 1 N–H and O–H groups in total. The van der Waals surface area contributed by atoms with E-state index in [1.54, 1.807) is 0 Å². The van der Waals surface area contributed by atoms with Gasteiger partial charge in [-0.25, -0.2) is 0 Å². The van der Waals surface area contributed by atoms with Gasteiger partial charge in [0, 0.05) is 12.7 Å². The average molecular weight is 212 g/mol. The Balaban J connectivity index is 1.70. The van der Waals surface area contributed by atoms with Crippen molar-refractivity contribution in [3.63, 3.8) is 0 Å². The minimum absolute atomic E-state index is 0.841. The third-order valence-corrected chi connectivity index (χ3v) is 2.47. The molecule has 0 amide bonds. The molecule has 0 atom stereocenters. The Morgan fingerprint density at radius 2 is 1.75 bits per heavy atom. The lowest BCUT2D eigenvalue weighted by Crippen LogP contribution is -2.17. The molecule has 0 saturated heterocycles. The maximum Gasteiger partial charge on any atom is 0.0541 e. The summed E-state index contributed by atoms with van der Waals surface area (Å²) < 4.78 is 0. The molecule has 1 heterocycles. The van der Waals surface area contributed by atoms with Crippen molar-refractivity contribution in [2.45, 2.75) is 13.0 Å². The minimum atomic E-state index is 0.841. The molecule has 1 aromatic heterocycles. The van der Waals surface area contributed by atoms with Crippen LogP contribution in [-0.2, 0) is 13.0 Å². The van der Waals surface area contributed by atoms with E-state index in [1.807, 2.05) is 30.5 Å². The molecule has 16 heavy (non-hydrogen) atoms. The Hall–Kier alpha value is -1.67. The Bertz CT molecular complexity index is 356. The number of nitrogens with one attached hydrogen (secondary N) is 1. The zero-order valence-electron chi connectivity index (χ0n) is 9.26. The van der Waals surface area contributed by atoms with E-state index in [2.05, 4.69) is 34.6 Å². The standard InChI is InChI=1S/C14H16N2/c1-2-6-13(7-3-1)9-11-15-12-14-8-4-5-10-16-14/h1-8,10,15H,9,11-12H2. The monoisotopic (exact) mass is 212 g/mol. The molecule has 0 saturated carbocycles. The number of pyridine rings is 1. The topological polar surface area (TPSA) is 24.9 Å². The molecule has 82 valence electrons. The largest absolute Gasteiger partial charge is 0.311 e. The van der Waals surface area contributed by atoms with E-state index in [-0.39, 0.29) is 0 Å². The van der Waals surface area contributed by atoms with Crippen LogP contribution in [0.1, 0.15) is 11.3 Å². The van der Waals surface area contributed by atoms with Crippen molar-refractivity contribution in [3.8, 4) is 0 Å². The molecule has 2 rings (SSSR count). The summed E-state index contributed by atoms with van der Waals surface area (Å²) in [5.41, 5.74) is 2.46. The van der Waals surface area contributed by atoms with E-state index < -0.39 is 0 Å². The highest BCUT2D eigenvalue weighted by Gasteiger charge is 1.93. The number of aromatic nitrogens is 1. The Kier molecular flexibility index (Phi) is 4.08. The molecule has 0 radical (unpaired) electrons. The first-order valence-electron chi connectivity index (χ1n) is 5.60. The number of hydrogen-bond acceptors (Lipinski definition) is 2. The van der Waals surface area contributed by atoms with E-state index >= 15 is 0 Å². The molecule has 2 nitrogen and oxygen atoms in total. The van der Waals surface area contributed by atoms with Crippen LogP contribution in [0, 0.1) is 0 Å². The van der Waals surface area contributed by atoms with Crippen LogP contribution in [0.4, 0.5) is 0 Å². The number of benzene rings is 1. The smallest absolute Gasteiger partial charge is 0.0541 e. The third kappa shape index (κ3) is 3.48. The van der Waals surface area contributed by atoms with Gasteiger partial charge in [0.05, 0.1) is 5.69 Å². The predicted octanol–water partition coefficient (Wildman–Crippen LogP) is 2.41. The molecule has 0 aliphatic heterocycles. The van der Waals surface area contributed by atoms with Crippen LogP contribution in [-0.4, -0.2) is 11.5 Å². The van der Waals surface area contributed by atoms with Crippen LogP contribution < -0.4 is 5.32 Å². The maximum absolute atomic E-state index is 4.26. The zero-order valence-corrected chi connectivity index (χ0v) is 9.26. The van der Waals surface area contributed by atoms with Crippen molar-refractivity contribution in [2.75, 3.05) is 6.54 Å². The first-order chi connectivity index (χ1) is 7.95. The maximum atomic E-state index is 4.26. The van der Waals surface area contributed by atoms with Crippen LogP contribution in [0.5, 0.6) is 0 Å². The van der Waals surface area contributed by atoms with Crippen LogP contribution in [0.25, 0.3) is 0 Å². The quantitative estimate of drug-likeness (QED) is 0.770. The second-order valence-electron chi connectivity index (χ2n) is 3.73. The van der Waals surface area contributed by atoms with Crippen LogP contribution in [0.3, 0.4) is 0 Å². The molecule has 2 heteroatoms. The molecule has 0 aliphatic carbocycles. The lowest BCUT2D eigenvalue weighted by atomic mass is 10.1. The Labute approximate surface area is 96.4 Å². The summed E-state index contributed by atoms with van der Waals surface area (Å²) in [6, 6.07) is 16.5. The average Bonchev–Trinajstić information content (AvgIpc) is 2.37. The van der Waals surface area contributed by atoms with Gasteiger partial charge in [-0.1, -0.05) is 36.4 Å². The summed E-state index contributed by atoms with van der Waals surface area (Å²) >= 11 is 0. The normalized spacial score (nSPS) is 10.2. The summed E-state index contributed by atoms with van der Waals surface area (Å²) in [7, 11) is 0. The minimum Gasteiger partial charge on any atom is -0.311 e. The van der Waals surface area contributed by atoms with Crippen LogP contribution in [0.15, 0.2) is 54.7 Å². The molecule has 0 aliphatic rings. The van der Waals surface area contributed by atoms with Gasteiger partial charge in [-0.15, -0.1) is 0 Å². The summed E-state index contributed by atoms with van der Waals surface area (Å²) in [5.74, 6) is 0. The van der Waals surface area contributed by atoms with Crippen molar-refractivity contribution < 1.29 is 0 Å². The highest BCUT2D eigenvalue weighted by Crippen LogP contribution is 1.98. The number of hydrogen-bond donors (Lipinski definition) is 1. The predicted molar refractivity (Wildman–Crippen MR) is 66.1 cm³/mol. The summed E-state index contributed by atoms with van der Waals surface area (Å²) in [6.45, 7) is 1.83. The van der Waals surface area contributed by atoms with Gasteiger partial charge in [0.1, 0.15) is 0 Å². The fourth-order valence-corrected chi connectivity index (χ4v) is 1.60. The van der Waals surface area contributed by atoms with Gasteiger partial charge in [0.25, 0.3) is 0 Å². The van der Waals surface area contributed by atoms with Gasteiger partial charge >= 0.3 is 0 Å². The molecule has 0 spiro atoms. The fraction of sp³-hybridized carbons (Fsp3) is 0.214. The van der Waals surface area contributed by atoms with Gasteiger partial charge in [0.15, 0.2) is 0 Å². The first kappa shape index (κ1) is 10.8. The van der Waals surface area contributed by atoms with Gasteiger partial charge in [-0.2, -0.15) is 0 Å². The molecule has 0 bridgehead atoms. The molecule has 0 fully saturated rings. The van der Waals surface area contributed by atoms with Crippen molar-refractivity contribution in [1.82, 2.24) is 10.3 Å². The molecule has 2 aromatic rings. The van der Waals surface area contributed by atoms with Gasteiger partial charge in [-0.05, 0) is 30.7 Å². The van der Waals surface area contributed by atoms with Gasteiger partial charge < -0.3 is 5.32 Å². The highest BCUT2D eigenvalue weighted by molar-refractivity contribution is 5.14. The Morgan fingerprint density at radius 1 is 0.938 bits per heavy atom. The lowest BCUT2D eigenvalue weighted by molar-refractivity contribution is 0.675. The first-order valence-corrected chi connectivity index (χ1v) is 5.60. The second-order valence-corrected chi connectivity index (χ2v) is 3.73. The van der Waals surface area contributed by atoms with E-state index in [9.17, 15) is 0 Å².